The Kier molecular flexibility index (Phi) is 7.70. The van der Waals surface area contributed by atoms with Gasteiger partial charge in [-0.2, -0.15) is 0 Å². The number of hydrogen-bond acceptors (Lipinski definition) is 9. The molecule has 1 aromatic heterocycles. The van der Waals surface area contributed by atoms with Crippen molar-refractivity contribution in [1.82, 2.24) is 4.98 Å². The van der Waals surface area contributed by atoms with Gasteiger partial charge >= 0.3 is 5.91 Å². The van der Waals surface area contributed by atoms with Gasteiger partial charge in [-0.1, -0.05) is 30.4 Å². The molecule has 9 nitrogen and oxygen atoms in total. The molecule has 0 spiro atoms. The van der Waals surface area contributed by atoms with Gasteiger partial charge in [-0.15, -0.1) is 0 Å². The van der Waals surface area contributed by atoms with Crippen molar-refractivity contribution < 1.29 is 33.6 Å². The summed E-state index contributed by atoms with van der Waals surface area (Å²) in [6, 6.07) is 13.3. The molecule has 2 aliphatic rings. The van der Waals surface area contributed by atoms with E-state index in [1.54, 1.807) is 36.4 Å². The number of thiazole rings is 1. The number of aliphatic hydroxyl groups excluding tert-OH is 1. The van der Waals surface area contributed by atoms with E-state index in [1.807, 2.05) is 39.8 Å². The fourth-order valence-electron chi connectivity index (χ4n) is 5.45. The Morgan fingerprint density at radius 1 is 1.00 bits per heavy atom. The number of aliphatic hydroxyl groups is 1. The van der Waals surface area contributed by atoms with Crippen molar-refractivity contribution in [2.24, 2.45) is 0 Å². The van der Waals surface area contributed by atoms with Crippen LogP contribution in [0.3, 0.4) is 0 Å². The number of benzene rings is 3. The minimum Gasteiger partial charge on any atom is -0.507 e. The van der Waals surface area contributed by atoms with Gasteiger partial charge in [0.2, 0.25) is 0 Å². The van der Waals surface area contributed by atoms with Crippen molar-refractivity contribution in [3.8, 4) is 23.0 Å². The van der Waals surface area contributed by atoms with Crippen LogP contribution in [0.4, 0.5) is 5.13 Å². The van der Waals surface area contributed by atoms with E-state index in [2.05, 4.69) is 0 Å². The fourth-order valence-corrected chi connectivity index (χ4v) is 6.62. The summed E-state index contributed by atoms with van der Waals surface area (Å²) in [5.74, 6) is 0.130. The largest absolute Gasteiger partial charge is 0.507 e. The number of carbonyl (C=O) groups is 2. The molecule has 0 saturated carbocycles. The number of carbonyl (C=O) groups excluding carboxylic acids is 2. The summed E-state index contributed by atoms with van der Waals surface area (Å²) < 4.78 is 24.0. The molecule has 0 aliphatic carbocycles. The first-order valence-electron chi connectivity index (χ1n) is 14.3. The van der Waals surface area contributed by atoms with Crippen molar-refractivity contribution in [2.75, 3.05) is 31.3 Å². The minimum atomic E-state index is -0.977. The van der Waals surface area contributed by atoms with E-state index in [-0.39, 0.29) is 11.3 Å². The van der Waals surface area contributed by atoms with Crippen LogP contribution in [-0.4, -0.2) is 48.2 Å². The molecular formula is C33H32N2O7S. The Morgan fingerprint density at radius 3 is 2.56 bits per heavy atom. The average Bonchev–Trinajstić information content (AvgIpc) is 3.54. The number of nitrogens with zero attached hydrogens (tertiary/aromatic N) is 2. The quantitative estimate of drug-likeness (QED) is 0.139. The predicted molar refractivity (Wildman–Crippen MR) is 165 cm³/mol. The summed E-state index contributed by atoms with van der Waals surface area (Å²) in [7, 11) is 0. The Balaban J connectivity index is 1.55. The van der Waals surface area contributed by atoms with Gasteiger partial charge in [-0.3, -0.25) is 14.5 Å². The molecule has 1 saturated heterocycles. The Labute approximate surface area is 253 Å². The lowest BCUT2D eigenvalue weighted by Crippen LogP contribution is -2.29. The van der Waals surface area contributed by atoms with Crippen molar-refractivity contribution in [1.29, 1.82) is 0 Å². The zero-order chi connectivity index (χ0) is 30.2. The lowest BCUT2D eigenvalue weighted by atomic mass is 9.95. The number of amides is 1. The Morgan fingerprint density at radius 2 is 1.79 bits per heavy atom. The van der Waals surface area contributed by atoms with Crippen LogP contribution in [0.2, 0.25) is 0 Å². The van der Waals surface area contributed by atoms with Crippen LogP contribution in [0.25, 0.3) is 16.0 Å². The van der Waals surface area contributed by atoms with Crippen LogP contribution in [0.15, 0.2) is 54.1 Å². The van der Waals surface area contributed by atoms with Gasteiger partial charge in [-0.05, 0) is 80.3 Å². The molecule has 0 bridgehead atoms. The molecular weight excluding hydrogens is 568 g/mol. The summed E-state index contributed by atoms with van der Waals surface area (Å²) in [6.45, 7) is 9.54. The molecule has 43 heavy (non-hydrogen) atoms. The number of anilines is 1. The van der Waals surface area contributed by atoms with Gasteiger partial charge in [0.05, 0.1) is 35.0 Å². The van der Waals surface area contributed by atoms with Crippen LogP contribution >= 0.6 is 11.3 Å². The number of Topliss-reactive ketones (excluding diaryl/α,β-unsaturated/α-hetero) is 1. The van der Waals surface area contributed by atoms with E-state index in [4.69, 9.17) is 23.9 Å². The molecule has 0 radical (unpaired) electrons. The van der Waals surface area contributed by atoms with Crippen molar-refractivity contribution in [3.63, 3.8) is 0 Å². The van der Waals surface area contributed by atoms with E-state index in [0.29, 0.717) is 65.7 Å². The average molecular weight is 601 g/mol. The number of ether oxygens (including phenoxy) is 4. The number of aromatic nitrogens is 1. The van der Waals surface area contributed by atoms with Crippen molar-refractivity contribution in [2.45, 2.75) is 40.2 Å². The lowest BCUT2D eigenvalue weighted by molar-refractivity contribution is -0.132. The number of hydrogen-bond donors (Lipinski definition) is 1. The standard InChI is InChI=1S/C33H32N2O7S/c1-5-11-40-22-9-7-20(16-24(22)39-6-2)29-27(30(36)21-8-10-23-25(17-21)42-13-12-41-23)31(37)32(38)35(29)33-34-28-19(4)14-18(3)15-26(28)43-33/h7-10,14-17,29,36H,5-6,11-13H2,1-4H3/b30-27+/t29-/m1/s1. The highest BCUT2D eigenvalue weighted by Crippen LogP contribution is 2.47. The zero-order valence-electron chi connectivity index (χ0n) is 24.4. The van der Waals surface area contributed by atoms with Crippen molar-refractivity contribution >= 4 is 44.1 Å². The summed E-state index contributed by atoms with van der Waals surface area (Å²) >= 11 is 1.33. The van der Waals surface area contributed by atoms with Gasteiger partial charge in [-0.25, -0.2) is 4.98 Å². The second-order valence-electron chi connectivity index (χ2n) is 10.4. The second-order valence-corrected chi connectivity index (χ2v) is 11.4. The smallest absolute Gasteiger partial charge is 0.301 e. The van der Waals surface area contributed by atoms with Crippen LogP contribution in [0.1, 0.15) is 48.6 Å². The molecule has 2 aliphatic heterocycles. The molecule has 0 unspecified atom stereocenters. The summed E-state index contributed by atoms with van der Waals surface area (Å²) in [5.41, 5.74) is 3.64. The fraction of sp³-hybridized carbons (Fsp3) is 0.303. The van der Waals surface area contributed by atoms with Crippen LogP contribution < -0.4 is 23.8 Å². The van der Waals surface area contributed by atoms with E-state index in [1.165, 1.54) is 16.2 Å². The van der Waals surface area contributed by atoms with Gasteiger partial charge < -0.3 is 24.1 Å². The third kappa shape index (κ3) is 5.16. The minimum absolute atomic E-state index is 0.0569. The molecule has 6 rings (SSSR count). The van der Waals surface area contributed by atoms with Gasteiger partial charge in [0, 0.05) is 5.56 Å². The first-order valence-corrected chi connectivity index (χ1v) is 15.1. The molecule has 3 aromatic carbocycles. The molecule has 10 heteroatoms. The number of aryl methyl sites for hydroxylation is 2. The van der Waals surface area contributed by atoms with Crippen LogP contribution in [0.5, 0.6) is 23.0 Å². The predicted octanol–water partition coefficient (Wildman–Crippen LogP) is 6.50. The van der Waals surface area contributed by atoms with Crippen molar-refractivity contribution in [3.05, 3.63) is 76.4 Å². The van der Waals surface area contributed by atoms with Crippen LogP contribution in [-0.2, 0) is 9.59 Å². The highest BCUT2D eigenvalue weighted by atomic mass is 32.1. The maximum absolute atomic E-state index is 13.8. The number of ketones is 1. The Hall–Kier alpha value is -4.57. The topological polar surface area (TPSA) is 107 Å². The molecule has 1 fully saturated rings. The number of rotatable bonds is 8. The first-order chi connectivity index (χ1) is 20.8. The second kappa shape index (κ2) is 11.6. The highest BCUT2D eigenvalue weighted by molar-refractivity contribution is 7.22. The molecule has 1 N–H and O–H groups in total. The van der Waals surface area contributed by atoms with E-state index in [9.17, 15) is 14.7 Å². The Bertz CT molecular complexity index is 1780. The van der Waals surface area contributed by atoms with Crippen LogP contribution in [0, 0.1) is 13.8 Å². The lowest BCUT2D eigenvalue weighted by Gasteiger charge is -2.24. The van der Waals surface area contributed by atoms with E-state index < -0.39 is 17.7 Å². The van der Waals surface area contributed by atoms with Gasteiger partial charge in [0.15, 0.2) is 28.1 Å². The van der Waals surface area contributed by atoms with Gasteiger partial charge in [0.25, 0.3) is 5.78 Å². The summed E-state index contributed by atoms with van der Waals surface area (Å²) in [4.78, 5) is 33.8. The van der Waals surface area contributed by atoms with E-state index >= 15 is 0 Å². The monoisotopic (exact) mass is 600 g/mol. The third-order valence-electron chi connectivity index (χ3n) is 7.33. The maximum atomic E-state index is 13.8. The third-order valence-corrected chi connectivity index (χ3v) is 8.33. The first kappa shape index (κ1) is 28.5. The molecule has 3 heterocycles. The van der Waals surface area contributed by atoms with E-state index in [0.717, 1.165) is 27.8 Å². The van der Waals surface area contributed by atoms with Gasteiger partial charge in [0.1, 0.15) is 19.0 Å². The normalized spacial score (nSPS) is 17.5. The zero-order valence-corrected chi connectivity index (χ0v) is 25.2. The SMILES string of the molecule is CCCOc1ccc([C@@H]2/C(=C(\O)c3ccc4c(c3)OCCO4)C(=O)C(=O)N2c2nc3c(C)cc(C)cc3s2)cc1OCC. The number of fused-ring (bicyclic) bond motifs is 2. The summed E-state index contributed by atoms with van der Waals surface area (Å²) in [6.07, 6.45) is 0.819. The maximum Gasteiger partial charge on any atom is 0.301 e. The summed E-state index contributed by atoms with van der Waals surface area (Å²) in [5, 5.41) is 12.0. The molecule has 222 valence electrons. The molecule has 1 atom stereocenters. The molecule has 1 amide bonds. The highest BCUT2D eigenvalue weighted by Gasteiger charge is 2.48. The molecule has 4 aromatic rings.